The molecule has 3 aromatic carbocycles. The maximum absolute atomic E-state index is 13.6. The molecule has 0 unspecified atom stereocenters. The highest BCUT2D eigenvalue weighted by atomic mass is 79.9. The van der Waals surface area contributed by atoms with E-state index in [-0.39, 0.29) is 5.91 Å². The molecule has 0 aliphatic heterocycles. The largest absolute Gasteiger partial charge is 0.494 e. The summed E-state index contributed by atoms with van der Waals surface area (Å²) in [6, 6.07) is 18.2. The van der Waals surface area contributed by atoms with Crippen molar-refractivity contribution < 1.29 is 19.0 Å². The van der Waals surface area contributed by atoms with Crippen molar-refractivity contribution in [2.75, 3.05) is 25.8 Å². The summed E-state index contributed by atoms with van der Waals surface area (Å²) in [5.41, 5.74) is 1.99. The molecule has 174 valence electrons. The summed E-state index contributed by atoms with van der Waals surface area (Å²) in [6.45, 7) is 2.53. The number of methoxy groups -OCH3 is 2. The van der Waals surface area contributed by atoms with Gasteiger partial charge in [-0.2, -0.15) is 10.1 Å². The summed E-state index contributed by atoms with van der Waals surface area (Å²) < 4.78 is 18.0. The van der Waals surface area contributed by atoms with Crippen molar-refractivity contribution in [3.8, 4) is 17.2 Å². The minimum absolute atomic E-state index is 0.346. The van der Waals surface area contributed by atoms with Crippen molar-refractivity contribution in [1.82, 2.24) is 4.98 Å². The van der Waals surface area contributed by atoms with Crippen molar-refractivity contribution >= 4 is 54.7 Å². The lowest BCUT2D eigenvalue weighted by atomic mass is 10.2. The number of anilines is 1. The number of ether oxygens (including phenoxy) is 3. The van der Waals surface area contributed by atoms with Crippen LogP contribution in [0, 0.1) is 0 Å². The fourth-order valence-corrected chi connectivity index (χ4v) is 4.67. The molecule has 34 heavy (non-hydrogen) atoms. The Balaban J connectivity index is 1.73. The second kappa shape index (κ2) is 10.7. The molecule has 1 heterocycles. The van der Waals surface area contributed by atoms with Gasteiger partial charge < -0.3 is 14.2 Å². The zero-order valence-corrected chi connectivity index (χ0v) is 21.2. The van der Waals surface area contributed by atoms with Crippen LogP contribution < -0.4 is 19.2 Å². The highest BCUT2D eigenvalue weighted by Crippen LogP contribution is 2.33. The Hall–Kier alpha value is -3.43. The van der Waals surface area contributed by atoms with Gasteiger partial charge in [-0.15, -0.1) is 0 Å². The van der Waals surface area contributed by atoms with Gasteiger partial charge in [-0.1, -0.05) is 27.3 Å². The molecule has 7 nitrogen and oxygen atoms in total. The van der Waals surface area contributed by atoms with Crippen LogP contribution in [-0.2, 0) is 0 Å². The topological polar surface area (TPSA) is 73.2 Å². The summed E-state index contributed by atoms with van der Waals surface area (Å²) in [5.74, 6) is 1.42. The second-order valence-corrected chi connectivity index (χ2v) is 8.97. The number of carbonyl (C=O) groups is 1. The van der Waals surface area contributed by atoms with Crippen molar-refractivity contribution in [2.45, 2.75) is 6.92 Å². The van der Waals surface area contributed by atoms with Crippen LogP contribution in [0.15, 0.2) is 70.2 Å². The molecule has 9 heteroatoms. The van der Waals surface area contributed by atoms with Gasteiger partial charge in [-0.3, -0.25) is 4.79 Å². The predicted octanol–water partition coefficient (Wildman–Crippen LogP) is 6.16. The molecule has 0 atom stereocenters. The molecular weight excluding hydrogens is 518 g/mol. The molecule has 0 aliphatic rings. The Morgan fingerprint density at radius 3 is 2.53 bits per heavy atom. The lowest BCUT2D eigenvalue weighted by Crippen LogP contribution is -2.25. The number of halogens is 1. The van der Waals surface area contributed by atoms with Gasteiger partial charge in [0.15, 0.2) is 11.5 Å². The van der Waals surface area contributed by atoms with E-state index in [1.807, 2.05) is 49.4 Å². The highest BCUT2D eigenvalue weighted by molar-refractivity contribution is 9.10. The van der Waals surface area contributed by atoms with Gasteiger partial charge in [-0.05, 0) is 73.2 Å². The Bertz CT molecular complexity index is 1340. The van der Waals surface area contributed by atoms with Crippen LogP contribution in [0.25, 0.3) is 10.2 Å². The van der Waals surface area contributed by atoms with Gasteiger partial charge in [-0.25, -0.2) is 4.98 Å². The molecule has 0 spiro atoms. The number of thiazole rings is 1. The molecule has 1 aromatic heterocycles. The lowest BCUT2D eigenvalue weighted by molar-refractivity contribution is 0.0987. The third-order valence-electron chi connectivity index (χ3n) is 4.86. The summed E-state index contributed by atoms with van der Waals surface area (Å²) in [7, 11) is 3.07. The standard InChI is InChI=1S/C25H22BrN3O4S/c1-4-33-19-9-5-16(6-10-19)15-27-29(25-28-20-11-8-18(26)14-23(20)34-25)24(30)17-7-12-21(31-2)22(13-17)32-3/h5-15H,4H2,1-3H3/b27-15+. The third-order valence-corrected chi connectivity index (χ3v) is 6.34. The number of hydrogen-bond donors (Lipinski definition) is 0. The highest BCUT2D eigenvalue weighted by Gasteiger charge is 2.22. The van der Waals surface area contributed by atoms with E-state index in [0.717, 1.165) is 26.0 Å². The first-order valence-corrected chi connectivity index (χ1v) is 12.0. The number of amides is 1. The molecule has 1 amide bonds. The summed E-state index contributed by atoms with van der Waals surface area (Å²) in [5, 5.41) is 6.27. The van der Waals surface area contributed by atoms with Crippen LogP contribution in [-0.4, -0.2) is 37.9 Å². The van der Waals surface area contributed by atoms with E-state index >= 15 is 0 Å². The summed E-state index contributed by atoms with van der Waals surface area (Å²) in [6.07, 6.45) is 1.62. The van der Waals surface area contributed by atoms with Crippen molar-refractivity contribution in [3.05, 3.63) is 76.3 Å². The Morgan fingerprint density at radius 1 is 1.06 bits per heavy atom. The summed E-state index contributed by atoms with van der Waals surface area (Å²) >= 11 is 4.86. The number of hydrogen-bond acceptors (Lipinski definition) is 7. The lowest BCUT2D eigenvalue weighted by Gasteiger charge is -2.15. The van der Waals surface area contributed by atoms with Crippen LogP contribution in [0.4, 0.5) is 5.13 Å². The number of nitrogens with zero attached hydrogens (tertiary/aromatic N) is 3. The number of hydrazone groups is 1. The zero-order valence-electron chi connectivity index (χ0n) is 18.8. The summed E-state index contributed by atoms with van der Waals surface area (Å²) in [4.78, 5) is 18.2. The number of aromatic nitrogens is 1. The van der Waals surface area contributed by atoms with E-state index in [1.54, 1.807) is 31.5 Å². The van der Waals surface area contributed by atoms with Gasteiger partial charge in [0.25, 0.3) is 5.91 Å². The zero-order chi connectivity index (χ0) is 24.1. The number of carbonyl (C=O) groups excluding carboxylic acids is 1. The Kier molecular flexibility index (Phi) is 7.44. The normalized spacial score (nSPS) is 11.1. The molecule has 0 saturated carbocycles. The van der Waals surface area contributed by atoms with E-state index in [9.17, 15) is 4.79 Å². The Labute approximate surface area is 209 Å². The quantitative estimate of drug-likeness (QED) is 0.198. The van der Waals surface area contributed by atoms with E-state index in [2.05, 4.69) is 26.0 Å². The molecule has 4 aromatic rings. The van der Waals surface area contributed by atoms with E-state index < -0.39 is 0 Å². The fraction of sp³-hybridized carbons (Fsp3) is 0.160. The van der Waals surface area contributed by atoms with Crippen LogP contribution in [0.1, 0.15) is 22.8 Å². The fourth-order valence-electron chi connectivity index (χ4n) is 3.20. The van der Waals surface area contributed by atoms with Gasteiger partial charge in [0.05, 0.1) is 37.3 Å². The van der Waals surface area contributed by atoms with E-state index in [1.165, 1.54) is 23.5 Å². The average Bonchev–Trinajstić information content (AvgIpc) is 3.27. The predicted molar refractivity (Wildman–Crippen MR) is 139 cm³/mol. The average molecular weight is 540 g/mol. The molecule has 0 bridgehead atoms. The second-order valence-electron chi connectivity index (χ2n) is 7.04. The maximum atomic E-state index is 13.6. The smallest absolute Gasteiger partial charge is 0.280 e. The van der Waals surface area contributed by atoms with Crippen LogP contribution >= 0.6 is 27.3 Å². The molecule has 0 radical (unpaired) electrons. The molecular formula is C25H22BrN3O4S. The van der Waals surface area contributed by atoms with Gasteiger partial charge in [0, 0.05) is 10.0 Å². The number of benzene rings is 3. The van der Waals surface area contributed by atoms with Gasteiger partial charge in [0.2, 0.25) is 5.13 Å². The van der Waals surface area contributed by atoms with Crippen LogP contribution in [0.5, 0.6) is 17.2 Å². The molecule has 0 aliphatic carbocycles. The molecule has 0 saturated heterocycles. The van der Waals surface area contributed by atoms with Crippen molar-refractivity contribution in [1.29, 1.82) is 0 Å². The molecule has 0 fully saturated rings. The number of fused-ring (bicyclic) bond motifs is 1. The monoisotopic (exact) mass is 539 g/mol. The Morgan fingerprint density at radius 2 is 1.82 bits per heavy atom. The van der Waals surface area contributed by atoms with Crippen molar-refractivity contribution in [3.63, 3.8) is 0 Å². The first kappa shape index (κ1) is 23.7. The van der Waals surface area contributed by atoms with Gasteiger partial charge in [0.1, 0.15) is 5.75 Å². The van der Waals surface area contributed by atoms with Crippen LogP contribution in [0.2, 0.25) is 0 Å². The number of rotatable bonds is 8. The SMILES string of the molecule is CCOc1ccc(/C=N/N(C(=O)c2ccc(OC)c(OC)c2)c2nc3ccc(Br)cc3s2)cc1. The van der Waals surface area contributed by atoms with E-state index in [0.29, 0.717) is 28.8 Å². The third kappa shape index (κ3) is 5.21. The maximum Gasteiger partial charge on any atom is 0.280 e. The first-order valence-electron chi connectivity index (χ1n) is 10.4. The minimum atomic E-state index is -0.346. The van der Waals surface area contributed by atoms with Gasteiger partial charge >= 0.3 is 0 Å². The van der Waals surface area contributed by atoms with E-state index in [4.69, 9.17) is 14.2 Å². The minimum Gasteiger partial charge on any atom is -0.494 e. The molecule has 0 N–H and O–H groups in total. The van der Waals surface area contributed by atoms with Crippen molar-refractivity contribution in [2.24, 2.45) is 5.10 Å². The first-order chi connectivity index (χ1) is 16.5. The van der Waals surface area contributed by atoms with Crippen LogP contribution in [0.3, 0.4) is 0 Å². The molecule has 4 rings (SSSR count).